The SMILES string of the molecule is O=C1NC(=O)/C(=C\c2cc(Br)c(N3CCCC3)o2)N1. The molecule has 0 radical (unpaired) electrons. The van der Waals surface area contributed by atoms with Crippen molar-refractivity contribution in [1.29, 1.82) is 0 Å². The molecule has 2 aliphatic rings. The molecule has 3 rings (SSSR count). The van der Waals surface area contributed by atoms with E-state index in [0.717, 1.165) is 36.3 Å². The maximum Gasteiger partial charge on any atom is 0.326 e. The number of anilines is 1. The smallest absolute Gasteiger partial charge is 0.326 e. The molecule has 0 atom stereocenters. The van der Waals surface area contributed by atoms with Gasteiger partial charge in [0.15, 0.2) is 0 Å². The van der Waals surface area contributed by atoms with Gasteiger partial charge in [-0.25, -0.2) is 4.79 Å². The molecular weight excluding hydrogens is 314 g/mol. The zero-order valence-corrected chi connectivity index (χ0v) is 11.6. The second-order valence-corrected chi connectivity index (χ2v) is 5.32. The first kappa shape index (κ1) is 12.3. The van der Waals surface area contributed by atoms with Crippen LogP contribution in [0.1, 0.15) is 18.6 Å². The number of urea groups is 1. The summed E-state index contributed by atoms with van der Waals surface area (Å²) in [6.07, 6.45) is 3.83. The number of hydrogen-bond acceptors (Lipinski definition) is 4. The Labute approximate surface area is 117 Å². The zero-order valence-electron chi connectivity index (χ0n) is 10.0. The molecule has 0 spiro atoms. The van der Waals surface area contributed by atoms with Crippen molar-refractivity contribution in [3.63, 3.8) is 0 Å². The highest BCUT2D eigenvalue weighted by molar-refractivity contribution is 9.10. The Hall–Kier alpha value is -1.76. The van der Waals surface area contributed by atoms with Gasteiger partial charge in [-0.05, 0) is 28.8 Å². The monoisotopic (exact) mass is 325 g/mol. The van der Waals surface area contributed by atoms with Crippen LogP contribution in [0, 0.1) is 0 Å². The van der Waals surface area contributed by atoms with Crippen LogP contribution in [0.2, 0.25) is 0 Å². The van der Waals surface area contributed by atoms with Crippen molar-refractivity contribution in [3.05, 3.63) is 22.0 Å². The number of nitrogens with one attached hydrogen (secondary N) is 2. The number of halogens is 1. The molecule has 0 aliphatic carbocycles. The lowest BCUT2D eigenvalue weighted by molar-refractivity contribution is -0.115. The summed E-state index contributed by atoms with van der Waals surface area (Å²) in [6.45, 7) is 1.94. The third-order valence-electron chi connectivity index (χ3n) is 3.09. The van der Waals surface area contributed by atoms with E-state index >= 15 is 0 Å². The molecule has 3 heterocycles. The van der Waals surface area contributed by atoms with Gasteiger partial charge in [0.05, 0.1) is 4.47 Å². The Morgan fingerprint density at radius 3 is 2.63 bits per heavy atom. The molecule has 2 aliphatic heterocycles. The van der Waals surface area contributed by atoms with Crippen LogP contribution in [0.3, 0.4) is 0 Å². The fourth-order valence-electron chi connectivity index (χ4n) is 2.21. The number of nitrogens with zero attached hydrogens (tertiary/aromatic N) is 1. The molecule has 2 N–H and O–H groups in total. The van der Waals surface area contributed by atoms with E-state index in [-0.39, 0.29) is 5.70 Å². The largest absolute Gasteiger partial charge is 0.440 e. The van der Waals surface area contributed by atoms with Crippen LogP contribution in [0.15, 0.2) is 20.7 Å². The van der Waals surface area contributed by atoms with Crippen molar-refractivity contribution >= 4 is 39.8 Å². The predicted octanol–water partition coefficient (Wildman–Crippen LogP) is 1.82. The Bertz CT molecular complexity index is 573. The maximum absolute atomic E-state index is 11.4. The number of carbonyl (C=O) groups is 2. The number of furan rings is 1. The summed E-state index contributed by atoms with van der Waals surface area (Å²) in [5.41, 5.74) is 0.194. The number of carbonyl (C=O) groups excluding carboxylic acids is 2. The number of amides is 3. The average molecular weight is 326 g/mol. The molecule has 0 aromatic carbocycles. The Kier molecular flexibility index (Phi) is 3.06. The lowest BCUT2D eigenvalue weighted by Gasteiger charge is -2.13. The van der Waals surface area contributed by atoms with Gasteiger partial charge in [-0.15, -0.1) is 0 Å². The van der Waals surface area contributed by atoms with Gasteiger partial charge in [0.2, 0.25) is 5.88 Å². The van der Waals surface area contributed by atoms with Crippen molar-refractivity contribution in [2.45, 2.75) is 12.8 Å². The van der Waals surface area contributed by atoms with Crippen LogP contribution in [0.25, 0.3) is 6.08 Å². The van der Waals surface area contributed by atoms with Crippen molar-refractivity contribution in [2.24, 2.45) is 0 Å². The van der Waals surface area contributed by atoms with Gasteiger partial charge in [0.25, 0.3) is 5.91 Å². The number of imide groups is 1. The minimum atomic E-state index is -0.512. The van der Waals surface area contributed by atoms with Gasteiger partial charge < -0.3 is 14.6 Å². The molecular formula is C12H12BrN3O3. The summed E-state index contributed by atoms with van der Waals surface area (Å²) >= 11 is 3.45. The standard InChI is InChI=1S/C12H12BrN3O3/c13-8-5-7(6-9-10(17)15-12(18)14-9)19-11(8)16-3-1-2-4-16/h5-6H,1-4H2,(H2,14,15,17,18)/b9-6+. The first-order valence-corrected chi connectivity index (χ1v) is 6.81. The van der Waals surface area contributed by atoms with Gasteiger partial charge in [0.1, 0.15) is 11.5 Å². The fourth-order valence-corrected chi connectivity index (χ4v) is 2.77. The summed E-state index contributed by atoms with van der Waals surface area (Å²) in [6, 6.07) is 1.28. The van der Waals surface area contributed by atoms with Crippen LogP contribution < -0.4 is 15.5 Å². The first-order valence-electron chi connectivity index (χ1n) is 6.02. The van der Waals surface area contributed by atoms with E-state index in [0.29, 0.717) is 5.76 Å². The van der Waals surface area contributed by atoms with Gasteiger partial charge in [-0.1, -0.05) is 0 Å². The Balaban J connectivity index is 1.86. The van der Waals surface area contributed by atoms with Crippen LogP contribution in [-0.4, -0.2) is 25.0 Å². The Morgan fingerprint density at radius 1 is 1.26 bits per heavy atom. The van der Waals surface area contributed by atoms with E-state index < -0.39 is 11.9 Å². The zero-order chi connectivity index (χ0) is 13.4. The summed E-state index contributed by atoms with van der Waals surface area (Å²) in [5.74, 6) is 0.857. The molecule has 2 fully saturated rings. The molecule has 7 heteroatoms. The highest BCUT2D eigenvalue weighted by Gasteiger charge is 2.24. The molecule has 0 saturated carbocycles. The van der Waals surface area contributed by atoms with Crippen LogP contribution in [0.4, 0.5) is 10.7 Å². The van der Waals surface area contributed by atoms with Crippen LogP contribution in [0.5, 0.6) is 0 Å². The predicted molar refractivity (Wildman–Crippen MR) is 72.5 cm³/mol. The van der Waals surface area contributed by atoms with Gasteiger partial charge in [-0.3, -0.25) is 10.1 Å². The molecule has 100 valence electrons. The van der Waals surface area contributed by atoms with Gasteiger partial charge in [0, 0.05) is 25.2 Å². The van der Waals surface area contributed by atoms with Gasteiger partial charge >= 0.3 is 6.03 Å². The van der Waals surface area contributed by atoms with Crippen LogP contribution >= 0.6 is 15.9 Å². The number of rotatable bonds is 2. The quantitative estimate of drug-likeness (QED) is 0.642. The van der Waals surface area contributed by atoms with Crippen molar-refractivity contribution in [3.8, 4) is 0 Å². The lowest BCUT2D eigenvalue weighted by atomic mass is 10.3. The second-order valence-electron chi connectivity index (χ2n) is 4.46. The molecule has 2 saturated heterocycles. The maximum atomic E-state index is 11.4. The highest BCUT2D eigenvalue weighted by Crippen LogP contribution is 2.33. The molecule has 6 nitrogen and oxygen atoms in total. The third kappa shape index (κ3) is 2.37. The highest BCUT2D eigenvalue weighted by atomic mass is 79.9. The fraction of sp³-hybridized carbons (Fsp3) is 0.333. The molecule has 0 unspecified atom stereocenters. The number of hydrogen-bond donors (Lipinski definition) is 2. The van der Waals surface area contributed by atoms with Crippen molar-refractivity contribution < 1.29 is 14.0 Å². The molecule has 3 amide bonds. The summed E-state index contributed by atoms with van der Waals surface area (Å²) in [7, 11) is 0. The summed E-state index contributed by atoms with van der Waals surface area (Å²) in [5, 5.41) is 4.57. The minimum Gasteiger partial charge on any atom is -0.440 e. The molecule has 1 aromatic heterocycles. The molecule has 19 heavy (non-hydrogen) atoms. The van der Waals surface area contributed by atoms with Crippen LogP contribution in [-0.2, 0) is 4.79 Å². The molecule has 1 aromatic rings. The van der Waals surface area contributed by atoms with Gasteiger partial charge in [-0.2, -0.15) is 0 Å². The lowest BCUT2D eigenvalue weighted by Crippen LogP contribution is -2.22. The molecule has 0 bridgehead atoms. The topological polar surface area (TPSA) is 74.6 Å². The normalized spacial score (nSPS) is 21.1. The average Bonchev–Trinajstić information content (AvgIpc) is 3.02. The van der Waals surface area contributed by atoms with Crippen molar-refractivity contribution in [2.75, 3.05) is 18.0 Å². The van der Waals surface area contributed by atoms with E-state index in [4.69, 9.17) is 4.42 Å². The third-order valence-corrected chi connectivity index (χ3v) is 3.66. The summed E-state index contributed by atoms with van der Waals surface area (Å²) in [4.78, 5) is 24.6. The van der Waals surface area contributed by atoms with Crippen molar-refractivity contribution in [1.82, 2.24) is 10.6 Å². The summed E-state index contributed by atoms with van der Waals surface area (Å²) < 4.78 is 6.57. The Morgan fingerprint density at radius 2 is 2.00 bits per heavy atom. The van der Waals surface area contributed by atoms with E-state index in [1.54, 1.807) is 6.07 Å². The van der Waals surface area contributed by atoms with E-state index in [9.17, 15) is 9.59 Å². The van der Waals surface area contributed by atoms with E-state index in [2.05, 4.69) is 31.5 Å². The van der Waals surface area contributed by atoms with E-state index in [1.165, 1.54) is 6.08 Å². The first-order chi connectivity index (χ1) is 9.13. The minimum absolute atomic E-state index is 0.194. The second kappa shape index (κ2) is 4.73. The van der Waals surface area contributed by atoms with E-state index in [1.807, 2.05) is 0 Å².